The highest BCUT2D eigenvalue weighted by Crippen LogP contribution is 2.40. The summed E-state index contributed by atoms with van der Waals surface area (Å²) in [6, 6.07) is 14.1. The van der Waals surface area contributed by atoms with Crippen LogP contribution in [0.1, 0.15) is 17.5 Å². The van der Waals surface area contributed by atoms with E-state index in [0.717, 1.165) is 24.2 Å². The second-order valence-electron chi connectivity index (χ2n) is 8.84. The highest BCUT2D eigenvalue weighted by atomic mass is 16.2. The Bertz CT molecular complexity index is 1210. The molecule has 12 heteroatoms. The Balaban J connectivity index is 1.11. The number of hydrogen-bond acceptors (Lipinski definition) is 8. The van der Waals surface area contributed by atoms with Gasteiger partial charge in [0.1, 0.15) is 11.7 Å². The van der Waals surface area contributed by atoms with E-state index in [1.54, 1.807) is 48.5 Å². The molecule has 37 heavy (non-hydrogen) atoms. The minimum Gasteiger partial charge on any atom is -0.383 e. The van der Waals surface area contributed by atoms with Crippen LogP contribution in [0.3, 0.4) is 0 Å². The summed E-state index contributed by atoms with van der Waals surface area (Å²) < 4.78 is 0. The standard InChI is InChI=1S/C25H28N10O2/c26-20(34-24-28-9-10-29-24)14-1-5-16(6-2-14)32-22(36)18-13-19(18)23(37)33-17-7-3-15(4-8-17)21(27)35-25-30-11-12-31-25/h1-8,18-19H,9-13H2,(H,32,36)(H,33,37)(H3,26,28,29,34)(H3,27,30,31,35). The largest absolute Gasteiger partial charge is 0.383 e. The van der Waals surface area contributed by atoms with E-state index in [-0.39, 0.29) is 23.7 Å². The van der Waals surface area contributed by atoms with Crippen LogP contribution in [-0.2, 0) is 9.59 Å². The van der Waals surface area contributed by atoms with Crippen molar-refractivity contribution in [3.63, 3.8) is 0 Å². The molecule has 190 valence electrons. The molecule has 5 rings (SSSR count). The molecule has 2 heterocycles. The van der Waals surface area contributed by atoms with E-state index >= 15 is 0 Å². The fourth-order valence-electron chi connectivity index (χ4n) is 3.97. The predicted octanol–water partition coefficient (Wildman–Crippen LogP) is 0.229. The number of amidine groups is 2. The number of rotatable bonds is 6. The van der Waals surface area contributed by atoms with Gasteiger partial charge in [0.15, 0.2) is 0 Å². The first kappa shape index (κ1) is 24.0. The third-order valence-electron chi connectivity index (χ3n) is 6.13. The lowest BCUT2D eigenvalue weighted by molar-refractivity contribution is -0.122. The van der Waals surface area contributed by atoms with Crippen molar-refractivity contribution in [2.45, 2.75) is 6.42 Å². The predicted molar refractivity (Wildman–Crippen MR) is 144 cm³/mol. The van der Waals surface area contributed by atoms with Crippen molar-refractivity contribution in [2.75, 3.05) is 36.8 Å². The first-order valence-electron chi connectivity index (χ1n) is 12.0. The number of nitrogens with zero attached hydrogens (tertiary/aromatic N) is 4. The highest BCUT2D eigenvalue weighted by molar-refractivity contribution is 6.07. The minimum atomic E-state index is -0.375. The van der Waals surface area contributed by atoms with Crippen LogP contribution in [0.15, 0.2) is 68.5 Å². The van der Waals surface area contributed by atoms with Crippen LogP contribution >= 0.6 is 0 Å². The Hall–Kier alpha value is -4.74. The second kappa shape index (κ2) is 10.5. The van der Waals surface area contributed by atoms with Gasteiger partial charge in [0.25, 0.3) is 0 Å². The summed E-state index contributed by atoms with van der Waals surface area (Å²) in [5, 5.41) is 11.8. The lowest BCUT2D eigenvalue weighted by Crippen LogP contribution is -2.22. The number of hydrogen-bond donors (Lipinski definition) is 6. The third-order valence-corrected chi connectivity index (χ3v) is 6.13. The zero-order valence-corrected chi connectivity index (χ0v) is 20.1. The highest BCUT2D eigenvalue weighted by Gasteiger charge is 2.48. The van der Waals surface area contributed by atoms with Gasteiger partial charge >= 0.3 is 0 Å². The van der Waals surface area contributed by atoms with Gasteiger partial charge in [-0.3, -0.25) is 9.59 Å². The Morgan fingerprint density at radius 2 is 1.14 bits per heavy atom. The number of aliphatic imine (C=N–C) groups is 4. The molecule has 12 nitrogen and oxygen atoms in total. The first-order valence-corrected chi connectivity index (χ1v) is 12.0. The molecule has 2 unspecified atom stereocenters. The van der Waals surface area contributed by atoms with E-state index in [1.807, 2.05) is 0 Å². The van der Waals surface area contributed by atoms with Crippen molar-refractivity contribution in [2.24, 2.45) is 43.3 Å². The summed E-state index contributed by atoms with van der Waals surface area (Å²) >= 11 is 0. The van der Waals surface area contributed by atoms with Crippen LogP contribution in [0, 0.1) is 11.8 Å². The maximum absolute atomic E-state index is 12.6. The molecule has 2 aromatic carbocycles. The topological polar surface area (TPSA) is 184 Å². The molecule has 1 fully saturated rings. The van der Waals surface area contributed by atoms with Gasteiger partial charge in [-0.05, 0) is 55.0 Å². The quantitative estimate of drug-likeness (QED) is 0.244. The lowest BCUT2D eigenvalue weighted by atomic mass is 10.1. The molecule has 1 aliphatic carbocycles. The molecule has 0 radical (unpaired) electrons. The van der Waals surface area contributed by atoms with E-state index < -0.39 is 0 Å². The van der Waals surface area contributed by atoms with Crippen molar-refractivity contribution in [1.29, 1.82) is 0 Å². The Labute approximate surface area is 213 Å². The number of carbonyl (C=O) groups is 2. The van der Waals surface area contributed by atoms with Crippen LogP contribution in [-0.4, -0.2) is 61.6 Å². The van der Waals surface area contributed by atoms with Crippen LogP contribution in [0.4, 0.5) is 11.4 Å². The summed E-state index contributed by atoms with van der Waals surface area (Å²) in [6.45, 7) is 2.87. The first-order chi connectivity index (χ1) is 18.0. The van der Waals surface area contributed by atoms with Crippen LogP contribution in [0.2, 0.25) is 0 Å². The fourth-order valence-corrected chi connectivity index (χ4v) is 3.97. The maximum Gasteiger partial charge on any atom is 0.228 e. The minimum absolute atomic E-state index is 0.193. The number of anilines is 2. The summed E-state index contributed by atoms with van der Waals surface area (Å²) in [7, 11) is 0. The van der Waals surface area contributed by atoms with Gasteiger partial charge in [0.2, 0.25) is 23.7 Å². The van der Waals surface area contributed by atoms with Gasteiger partial charge < -0.3 is 32.7 Å². The van der Waals surface area contributed by atoms with Crippen molar-refractivity contribution >= 4 is 46.8 Å². The summed E-state index contributed by atoms with van der Waals surface area (Å²) in [6.07, 6.45) is 0.497. The molecular weight excluding hydrogens is 472 g/mol. The van der Waals surface area contributed by atoms with Crippen LogP contribution in [0.25, 0.3) is 0 Å². The van der Waals surface area contributed by atoms with E-state index in [9.17, 15) is 9.59 Å². The van der Waals surface area contributed by atoms with Gasteiger partial charge in [0.05, 0.1) is 24.9 Å². The summed E-state index contributed by atoms with van der Waals surface area (Å²) in [5.74, 6) is 0.590. The molecule has 2 aromatic rings. The molecule has 0 aromatic heterocycles. The van der Waals surface area contributed by atoms with Crippen molar-refractivity contribution in [3.05, 3.63) is 59.7 Å². The third kappa shape index (κ3) is 5.92. The molecule has 8 N–H and O–H groups in total. The van der Waals surface area contributed by atoms with Crippen LogP contribution < -0.4 is 32.7 Å². The molecule has 2 amide bonds. The van der Waals surface area contributed by atoms with Crippen molar-refractivity contribution < 1.29 is 9.59 Å². The number of benzene rings is 2. The smallest absolute Gasteiger partial charge is 0.228 e. The fraction of sp³-hybridized carbons (Fsp3) is 0.280. The number of nitrogens with one attached hydrogen (secondary N) is 4. The van der Waals surface area contributed by atoms with Crippen LogP contribution in [0.5, 0.6) is 0 Å². The molecular formula is C25H28N10O2. The van der Waals surface area contributed by atoms with Gasteiger partial charge in [-0.15, -0.1) is 0 Å². The van der Waals surface area contributed by atoms with Gasteiger partial charge in [0, 0.05) is 35.6 Å². The molecule has 3 aliphatic rings. The van der Waals surface area contributed by atoms with Gasteiger partial charge in [-0.25, -0.2) is 9.98 Å². The Kier molecular flexibility index (Phi) is 6.79. The average molecular weight is 501 g/mol. The second-order valence-corrected chi connectivity index (χ2v) is 8.84. The molecule has 2 aliphatic heterocycles. The Morgan fingerprint density at radius 1 is 0.730 bits per heavy atom. The summed E-state index contributed by atoms with van der Waals surface area (Å²) in [5.41, 5.74) is 14.8. The molecule has 2 atom stereocenters. The monoisotopic (exact) mass is 500 g/mol. The normalized spacial score (nSPS) is 20.9. The number of amides is 2. The van der Waals surface area contributed by atoms with Crippen molar-refractivity contribution in [1.82, 2.24) is 10.6 Å². The summed E-state index contributed by atoms with van der Waals surface area (Å²) in [4.78, 5) is 42.2. The number of guanidine groups is 2. The van der Waals surface area contributed by atoms with Gasteiger partial charge in [-0.1, -0.05) is 0 Å². The molecule has 0 spiro atoms. The molecule has 0 bridgehead atoms. The average Bonchev–Trinajstić information content (AvgIpc) is 3.24. The SMILES string of the molecule is N/C(=N\C1=NCCN1)c1ccc(NC(=O)C2CC2C(=O)Nc2ccc(/C(N)=N/C3=NCCN3)cc2)cc1. The molecule has 0 saturated heterocycles. The van der Waals surface area contributed by atoms with E-state index in [2.05, 4.69) is 41.2 Å². The lowest BCUT2D eigenvalue weighted by Gasteiger charge is -2.08. The maximum atomic E-state index is 12.6. The molecule has 1 saturated carbocycles. The van der Waals surface area contributed by atoms with E-state index in [0.29, 0.717) is 54.5 Å². The van der Waals surface area contributed by atoms with Gasteiger partial charge in [-0.2, -0.15) is 9.98 Å². The van der Waals surface area contributed by atoms with E-state index in [4.69, 9.17) is 11.5 Å². The number of nitrogens with two attached hydrogens (primary N) is 2. The van der Waals surface area contributed by atoms with Crippen molar-refractivity contribution in [3.8, 4) is 0 Å². The van der Waals surface area contributed by atoms with E-state index in [1.165, 1.54) is 0 Å². The Morgan fingerprint density at radius 3 is 1.49 bits per heavy atom. The zero-order chi connectivity index (χ0) is 25.8. The number of carbonyl (C=O) groups excluding carboxylic acids is 2. The zero-order valence-electron chi connectivity index (χ0n) is 20.1.